The van der Waals surface area contributed by atoms with Crippen molar-refractivity contribution in [3.05, 3.63) is 18.3 Å². The average Bonchev–Trinajstić information content (AvgIpc) is 2.47. The third-order valence-corrected chi connectivity index (χ3v) is 3.69. The van der Waals surface area contributed by atoms with Gasteiger partial charge in [0, 0.05) is 18.3 Å². The second kappa shape index (κ2) is 7.84. The van der Waals surface area contributed by atoms with E-state index in [2.05, 4.69) is 9.72 Å². The molecule has 1 aliphatic rings. The number of pyridine rings is 1. The second-order valence-electron chi connectivity index (χ2n) is 7.01. The average molecular weight is 358 g/mol. The Morgan fingerprint density at radius 1 is 1.36 bits per heavy atom. The third kappa shape index (κ3) is 6.03. The Balaban J connectivity index is 2.00. The summed E-state index contributed by atoms with van der Waals surface area (Å²) >= 11 is 0. The number of piperidine rings is 1. The molecule has 1 fully saturated rings. The Morgan fingerprint density at radius 3 is 2.72 bits per heavy atom. The van der Waals surface area contributed by atoms with Gasteiger partial charge in [0.1, 0.15) is 17.5 Å². The summed E-state index contributed by atoms with van der Waals surface area (Å²) in [5, 5.41) is 0. The van der Waals surface area contributed by atoms with Crippen LogP contribution in [0.5, 0.6) is 11.6 Å². The van der Waals surface area contributed by atoms with Crippen molar-refractivity contribution in [3.8, 4) is 11.6 Å². The van der Waals surface area contributed by atoms with E-state index in [1.54, 1.807) is 4.90 Å². The number of alkyl halides is 2. The summed E-state index contributed by atoms with van der Waals surface area (Å²) in [5.41, 5.74) is -0.576. The number of ether oxygens (including phenoxy) is 3. The van der Waals surface area contributed by atoms with Crippen LogP contribution >= 0.6 is 0 Å². The lowest BCUT2D eigenvalue weighted by Crippen LogP contribution is -2.50. The van der Waals surface area contributed by atoms with Gasteiger partial charge in [0.15, 0.2) is 0 Å². The number of carbonyl (C=O) groups is 1. The first-order valence-electron chi connectivity index (χ1n) is 8.21. The Kier molecular flexibility index (Phi) is 6.02. The minimum atomic E-state index is -2.91. The fraction of sp³-hybridized carbons (Fsp3) is 0.647. The molecule has 1 saturated heterocycles. The number of hydrogen-bond donors (Lipinski definition) is 0. The molecule has 2 rings (SSSR count). The molecule has 1 amide bonds. The monoisotopic (exact) mass is 358 g/mol. The summed E-state index contributed by atoms with van der Waals surface area (Å²) in [6.45, 7) is 4.82. The number of hydrogen-bond acceptors (Lipinski definition) is 5. The van der Waals surface area contributed by atoms with Crippen LogP contribution in [-0.4, -0.2) is 46.9 Å². The summed E-state index contributed by atoms with van der Waals surface area (Å²) in [6.07, 6.45) is 2.12. The second-order valence-corrected chi connectivity index (χ2v) is 7.01. The SMILES string of the molecule is C[C@@H]1CC[C@@H](Oc2cc(OC(F)F)ccn2)CN1C(=O)OC(C)(C)C. The van der Waals surface area contributed by atoms with E-state index in [-0.39, 0.29) is 23.8 Å². The molecule has 6 nitrogen and oxygen atoms in total. The molecule has 1 aromatic heterocycles. The van der Waals surface area contributed by atoms with Crippen molar-refractivity contribution in [2.45, 2.75) is 64.9 Å². The van der Waals surface area contributed by atoms with E-state index in [0.717, 1.165) is 12.8 Å². The van der Waals surface area contributed by atoms with Gasteiger partial charge in [-0.25, -0.2) is 9.78 Å². The van der Waals surface area contributed by atoms with Gasteiger partial charge in [0.05, 0.1) is 6.54 Å². The van der Waals surface area contributed by atoms with Gasteiger partial charge in [-0.05, 0) is 46.6 Å². The zero-order chi connectivity index (χ0) is 18.6. The van der Waals surface area contributed by atoms with E-state index in [9.17, 15) is 13.6 Å². The van der Waals surface area contributed by atoms with E-state index >= 15 is 0 Å². The molecule has 1 aliphatic heterocycles. The first kappa shape index (κ1) is 19.2. The van der Waals surface area contributed by atoms with E-state index in [1.165, 1.54) is 18.3 Å². The largest absolute Gasteiger partial charge is 0.472 e. The van der Waals surface area contributed by atoms with E-state index in [1.807, 2.05) is 27.7 Å². The number of amides is 1. The van der Waals surface area contributed by atoms with Gasteiger partial charge >= 0.3 is 12.7 Å². The Labute approximate surface area is 146 Å². The first-order valence-corrected chi connectivity index (χ1v) is 8.21. The molecule has 140 valence electrons. The minimum absolute atomic E-state index is 0.0202. The molecule has 25 heavy (non-hydrogen) atoms. The van der Waals surface area contributed by atoms with Crippen molar-refractivity contribution < 1.29 is 27.8 Å². The summed E-state index contributed by atoms with van der Waals surface area (Å²) < 4.78 is 40.1. The lowest BCUT2D eigenvalue weighted by molar-refractivity contribution is -0.0502. The molecule has 8 heteroatoms. The summed E-state index contributed by atoms with van der Waals surface area (Å²) in [5.74, 6) is 0.162. The Hall–Kier alpha value is -2.12. The molecule has 0 spiro atoms. The minimum Gasteiger partial charge on any atom is -0.472 e. The fourth-order valence-electron chi connectivity index (χ4n) is 2.55. The number of aromatic nitrogens is 1. The highest BCUT2D eigenvalue weighted by atomic mass is 19.3. The number of nitrogens with zero attached hydrogens (tertiary/aromatic N) is 2. The Bertz CT molecular complexity index is 592. The zero-order valence-corrected chi connectivity index (χ0v) is 14.9. The topological polar surface area (TPSA) is 60.9 Å². The molecule has 0 aliphatic carbocycles. The van der Waals surface area contributed by atoms with Crippen LogP contribution in [-0.2, 0) is 4.74 Å². The fourth-order valence-corrected chi connectivity index (χ4v) is 2.55. The normalized spacial score (nSPS) is 21.2. The van der Waals surface area contributed by atoms with Gasteiger partial charge in [-0.3, -0.25) is 0 Å². The third-order valence-electron chi connectivity index (χ3n) is 3.69. The number of carbonyl (C=O) groups excluding carboxylic acids is 1. The number of rotatable bonds is 4. The van der Waals surface area contributed by atoms with Crippen molar-refractivity contribution in [2.75, 3.05) is 6.54 Å². The van der Waals surface area contributed by atoms with Crippen LogP contribution in [0.2, 0.25) is 0 Å². The van der Waals surface area contributed by atoms with Crippen LogP contribution in [0.4, 0.5) is 13.6 Å². The van der Waals surface area contributed by atoms with Crippen molar-refractivity contribution in [1.29, 1.82) is 0 Å². The van der Waals surface area contributed by atoms with Crippen LogP contribution in [0.3, 0.4) is 0 Å². The lowest BCUT2D eigenvalue weighted by Gasteiger charge is -2.38. The molecule has 0 saturated carbocycles. The van der Waals surface area contributed by atoms with Crippen LogP contribution in [0.1, 0.15) is 40.5 Å². The van der Waals surface area contributed by atoms with Crippen molar-refractivity contribution in [1.82, 2.24) is 9.88 Å². The predicted molar refractivity (Wildman–Crippen MR) is 86.9 cm³/mol. The van der Waals surface area contributed by atoms with Gasteiger partial charge in [-0.2, -0.15) is 8.78 Å². The predicted octanol–water partition coefficient (Wildman–Crippen LogP) is 3.85. The maximum Gasteiger partial charge on any atom is 0.410 e. The molecule has 0 bridgehead atoms. The molecular formula is C17H24F2N2O4. The van der Waals surface area contributed by atoms with Crippen LogP contribution in [0, 0.1) is 0 Å². The van der Waals surface area contributed by atoms with Gasteiger partial charge in [0.25, 0.3) is 0 Å². The number of likely N-dealkylation sites (tertiary alicyclic amines) is 1. The van der Waals surface area contributed by atoms with Gasteiger partial charge in [0.2, 0.25) is 5.88 Å². The van der Waals surface area contributed by atoms with Crippen LogP contribution in [0.15, 0.2) is 18.3 Å². The van der Waals surface area contributed by atoms with Crippen molar-refractivity contribution in [3.63, 3.8) is 0 Å². The van der Waals surface area contributed by atoms with E-state index < -0.39 is 18.3 Å². The van der Waals surface area contributed by atoms with E-state index in [4.69, 9.17) is 9.47 Å². The summed E-state index contributed by atoms with van der Waals surface area (Å²) in [7, 11) is 0. The van der Waals surface area contributed by atoms with Crippen molar-refractivity contribution in [2.24, 2.45) is 0 Å². The molecule has 0 N–H and O–H groups in total. The van der Waals surface area contributed by atoms with Crippen molar-refractivity contribution >= 4 is 6.09 Å². The molecule has 2 atom stereocenters. The highest BCUT2D eigenvalue weighted by Crippen LogP contribution is 2.25. The van der Waals surface area contributed by atoms with Gasteiger partial charge < -0.3 is 19.1 Å². The first-order chi connectivity index (χ1) is 11.6. The maximum absolute atomic E-state index is 12.3. The van der Waals surface area contributed by atoms with Crippen LogP contribution < -0.4 is 9.47 Å². The van der Waals surface area contributed by atoms with Gasteiger partial charge in [-0.15, -0.1) is 0 Å². The molecular weight excluding hydrogens is 334 g/mol. The van der Waals surface area contributed by atoms with E-state index in [0.29, 0.717) is 6.54 Å². The van der Waals surface area contributed by atoms with Crippen LogP contribution in [0.25, 0.3) is 0 Å². The lowest BCUT2D eigenvalue weighted by atomic mass is 10.0. The summed E-state index contributed by atoms with van der Waals surface area (Å²) in [6, 6.07) is 2.67. The Morgan fingerprint density at radius 2 is 2.08 bits per heavy atom. The molecule has 2 heterocycles. The quantitative estimate of drug-likeness (QED) is 0.818. The summed E-state index contributed by atoms with van der Waals surface area (Å²) in [4.78, 5) is 18.0. The molecule has 0 unspecified atom stereocenters. The molecule has 0 aromatic carbocycles. The zero-order valence-electron chi connectivity index (χ0n) is 14.9. The smallest absolute Gasteiger partial charge is 0.410 e. The highest BCUT2D eigenvalue weighted by Gasteiger charge is 2.33. The molecule has 0 radical (unpaired) electrons. The highest BCUT2D eigenvalue weighted by molar-refractivity contribution is 5.68. The number of halogens is 2. The van der Waals surface area contributed by atoms with Gasteiger partial charge in [-0.1, -0.05) is 0 Å². The maximum atomic E-state index is 12.3. The molecule has 1 aromatic rings. The standard InChI is InChI=1S/C17H24F2N2O4/c1-11-5-6-13(10-21(11)16(22)25-17(2,3)4)23-14-9-12(7-8-20-14)24-15(18)19/h7-9,11,13,15H,5-6,10H2,1-4H3/t11-,13-/m1/s1.